The Morgan fingerprint density at radius 1 is 1.73 bits per heavy atom. The maximum atomic E-state index is 8.65. The molecule has 1 rings (SSSR count). The fourth-order valence-electron chi connectivity index (χ4n) is 1.26. The third kappa shape index (κ3) is 1.86. The summed E-state index contributed by atoms with van der Waals surface area (Å²) in [6, 6.07) is 2.17. The molecule has 1 aliphatic carbocycles. The van der Waals surface area contributed by atoms with Crippen LogP contribution >= 0.6 is 0 Å². The maximum absolute atomic E-state index is 8.65. The van der Waals surface area contributed by atoms with Crippen LogP contribution in [-0.2, 0) is 0 Å². The van der Waals surface area contributed by atoms with Gasteiger partial charge in [-0.25, -0.2) is 0 Å². The van der Waals surface area contributed by atoms with Crippen molar-refractivity contribution in [2.24, 2.45) is 17.0 Å². The predicted octanol–water partition coefficient (Wildman–Crippen LogP) is 2.24. The second-order valence-corrected chi connectivity index (χ2v) is 2.84. The standard InChI is InChI=1S/C7H10N4/c8-4-7(5-10-11-9)6-2-1-3-6/h6-7H,1-3,5H2. The van der Waals surface area contributed by atoms with Gasteiger partial charge in [0.2, 0.25) is 0 Å². The average Bonchev–Trinajstić information content (AvgIpc) is 1.93. The van der Waals surface area contributed by atoms with Crippen LogP contribution in [0.1, 0.15) is 19.3 Å². The Balaban J connectivity index is 2.36. The van der Waals surface area contributed by atoms with E-state index < -0.39 is 0 Å². The predicted molar refractivity (Wildman–Crippen MR) is 40.5 cm³/mol. The molecular formula is C7H10N4. The van der Waals surface area contributed by atoms with E-state index in [0.717, 1.165) is 12.8 Å². The molecule has 1 fully saturated rings. The number of hydrogen-bond donors (Lipinski definition) is 0. The lowest BCUT2D eigenvalue weighted by atomic mass is 9.76. The fourth-order valence-corrected chi connectivity index (χ4v) is 1.26. The summed E-state index contributed by atoms with van der Waals surface area (Å²) in [4.78, 5) is 2.64. The monoisotopic (exact) mass is 150 g/mol. The van der Waals surface area contributed by atoms with E-state index in [2.05, 4.69) is 16.1 Å². The molecule has 4 nitrogen and oxygen atoms in total. The molecule has 0 aliphatic heterocycles. The van der Waals surface area contributed by atoms with Crippen LogP contribution in [0.4, 0.5) is 0 Å². The molecular weight excluding hydrogens is 140 g/mol. The quantitative estimate of drug-likeness (QED) is 0.345. The van der Waals surface area contributed by atoms with Crippen molar-refractivity contribution in [1.82, 2.24) is 0 Å². The van der Waals surface area contributed by atoms with Crippen LogP contribution in [-0.4, -0.2) is 6.54 Å². The molecule has 0 N–H and O–H groups in total. The lowest BCUT2D eigenvalue weighted by Gasteiger charge is -2.28. The molecule has 0 saturated heterocycles. The molecule has 0 radical (unpaired) electrons. The summed E-state index contributed by atoms with van der Waals surface area (Å²) in [7, 11) is 0. The molecule has 0 bridgehead atoms. The Hall–Kier alpha value is -1.20. The van der Waals surface area contributed by atoms with Gasteiger partial charge in [-0.1, -0.05) is 11.5 Å². The maximum Gasteiger partial charge on any atom is 0.0660 e. The van der Waals surface area contributed by atoms with E-state index >= 15 is 0 Å². The van der Waals surface area contributed by atoms with Crippen molar-refractivity contribution in [3.63, 3.8) is 0 Å². The van der Waals surface area contributed by atoms with E-state index in [1.54, 1.807) is 0 Å². The molecule has 1 unspecified atom stereocenters. The van der Waals surface area contributed by atoms with Crippen molar-refractivity contribution < 1.29 is 0 Å². The Morgan fingerprint density at radius 2 is 2.45 bits per heavy atom. The van der Waals surface area contributed by atoms with Crippen molar-refractivity contribution >= 4 is 0 Å². The van der Waals surface area contributed by atoms with Gasteiger partial charge in [0.05, 0.1) is 12.0 Å². The van der Waals surface area contributed by atoms with Gasteiger partial charge < -0.3 is 0 Å². The molecule has 58 valence electrons. The summed E-state index contributed by atoms with van der Waals surface area (Å²) in [5.74, 6) is 0.449. The molecule has 0 aromatic rings. The second kappa shape index (κ2) is 3.85. The molecule has 0 aromatic heterocycles. The molecule has 11 heavy (non-hydrogen) atoms. The Morgan fingerprint density at radius 3 is 2.82 bits per heavy atom. The summed E-state index contributed by atoms with van der Waals surface area (Å²) < 4.78 is 0. The van der Waals surface area contributed by atoms with Gasteiger partial charge in [-0.3, -0.25) is 0 Å². The van der Waals surface area contributed by atoms with E-state index in [-0.39, 0.29) is 5.92 Å². The highest BCUT2D eigenvalue weighted by Crippen LogP contribution is 2.33. The molecule has 0 aromatic carbocycles. The zero-order valence-corrected chi connectivity index (χ0v) is 6.27. The third-order valence-corrected chi connectivity index (χ3v) is 2.23. The minimum Gasteiger partial charge on any atom is -0.198 e. The van der Waals surface area contributed by atoms with E-state index in [9.17, 15) is 0 Å². The first-order valence-electron chi connectivity index (χ1n) is 3.79. The first kappa shape index (κ1) is 7.90. The van der Waals surface area contributed by atoms with Gasteiger partial charge in [-0.2, -0.15) is 5.26 Å². The molecule has 1 saturated carbocycles. The highest BCUT2D eigenvalue weighted by atomic mass is 15.1. The van der Waals surface area contributed by atoms with Crippen LogP contribution in [0.5, 0.6) is 0 Å². The van der Waals surface area contributed by atoms with E-state index in [1.165, 1.54) is 6.42 Å². The summed E-state index contributed by atoms with van der Waals surface area (Å²) in [6.07, 6.45) is 3.47. The summed E-state index contributed by atoms with van der Waals surface area (Å²) in [5, 5.41) is 12.1. The van der Waals surface area contributed by atoms with Crippen molar-refractivity contribution in [3.05, 3.63) is 10.4 Å². The van der Waals surface area contributed by atoms with E-state index in [1.807, 2.05) is 0 Å². The number of hydrogen-bond acceptors (Lipinski definition) is 2. The normalized spacial score (nSPS) is 19.2. The third-order valence-electron chi connectivity index (χ3n) is 2.23. The number of nitriles is 1. The van der Waals surface area contributed by atoms with Gasteiger partial charge in [0, 0.05) is 11.5 Å². The minimum absolute atomic E-state index is 0.0420. The first-order chi connectivity index (χ1) is 5.38. The largest absolute Gasteiger partial charge is 0.198 e. The SMILES string of the molecule is N#CC(CN=[N+]=[N-])C1CCC1. The highest BCUT2D eigenvalue weighted by Gasteiger charge is 2.26. The highest BCUT2D eigenvalue weighted by molar-refractivity contribution is 4.92. The fraction of sp³-hybridized carbons (Fsp3) is 0.857. The Bertz CT molecular complexity index is 207. The first-order valence-corrected chi connectivity index (χ1v) is 3.79. The summed E-state index contributed by atoms with van der Waals surface area (Å²) >= 11 is 0. The summed E-state index contributed by atoms with van der Waals surface area (Å²) in [5.41, 5.74) is 8.03. The van der Waals surface area contributed by atoms with Gasteiger partial charge >= 0.3 is 0 Å². The second-order valence-electron chi connectivity index (χ2n) is 2.84. The lowest BCUT2D eigenvalue weighted by molar-refractivity contribution is 0.251. The van der Waals surface area contributed by atoms with Crippen LogP contribution in [0.25, 0.3) is 10.4 Å². The van der Waals surface area contributed by atoms with Crippen LogP contribution in [0, 0.1) is 23.2 Å². The summed E-state index contributed by atoms with van der Waals surface area (Å²) in [6.45, 7) is 0.345. The number of rotatable bonds is 3. The average molecular weight is 150 g/mol. The van der Waals surface area contributed by atoms with Gasteiger partial charge in [-0.05, 0) is 24.3 Å². The zero-order valence-electron chi connectivity index (χ0n) is 6.27. The van der Waals surface area contributed by atoms with Crippen LogP contribution in [0.15, 0.2) is 5.11 Å². The molecule has 0 heterocycles. The van der Waals surface area contributed by atoms with Crippen LogP contribution in [0.3, 0.4) is 0 Å². The number of azide groups is 1. The van der Waals surface area contributed by atoms with Crippen molar-refractivity contribution in [1.29, 1.82) is 5.26 Å². The molecule has 0 spiro atoms. The van der Waals surface area contributed by atoms with E-state index in [0.29, 0.717) is 12.5 Å². The van der Waals surface area contributed by atoms with Gasteiger partial charge in [0.25, 0.3) is 0 Å². The van der Waals surface area contributed by atoms with Gasteiger partial charge in [0.15, 0.2) is 0 Å². The minimum atomic E-state index is -0.0420. The van der Waals surface area contributed by atoms with Gasteiger partial charge in [0.1, 0.15) is 0 Å². The van der Waals surface area contributed by atoms with Gasteiger partial charge in [-0.15, -0.1) is 0 Å². The van der Waals surface area contributed by atoms with Crippen LogP contribution in [0.2, 0.25) is 0 Å². The van der Waals surface area contributed by atoms with Crippen molar-refractivity contribution in [2.45, 2.75) is 19.3 Å². The molecule has 4 heteroatoms. The smallest absolute Gasteiger partial charge is 0.0660 e. The topological polar surface area (TPSA) is 72.5 Å². The Kier molecular flexibility index (Phi) is 2.76. The molecule has 0 amide bonds. The van der Waals surface area contributed by atoms with Crippen LogP contribution < -0.4 is 0 Å². The van der Waals surface area contributed by atoms with E-state index in [4.69, 9.17) is 10.8 Å². The van der Waals surface area contributed by atoms with Crippen molar-refractivity contribution in [3.8, 4) is 6.07 Å². The lowest BCUT2D eigenvalue weighted by Crippen LogP contribution is -2.22. The number of nitrogens with zero attached hydrogens (tertiary/aromatic N) is 4. The molecule has 1 atom stereocenters. The van der Waals surface area contributed by atoms with Crippen molar-refractivity contribution in [2.75, 3.05) is 6.54 Å². The Labute approximate surface area is 65.4 Å². The zero-order chi connectivity index (χ0) is 8.10. The molecule has 1 aliphatic rings.